The van der Waals surface area contributed by atoms with E-state index in [2.05, 4.69) is 64.2 Å². The van der Waals surface area contributed by atoms with E-state index in [4.69, 9.17) is 0 Å². The van der Waals surface area contributed by atoms with E-state index in [1.165, 1.54) is 36.8 Å². The van der Waals surface area contributed by atoms with Gasteiger partial charge >= 0.3 is 0 Å². The first kappa shape index (κ1) is 15.6. The molecule has 1 saturated carbocycles. The van der Waals surface area contributed by atoms with E-state index in [-0.39, 0.29) is 5.54 Å². The van der Waals surface area contributed by atoms with Crippen molar-refractivity contribution in [2.75, 3.05) is 6.54 Å². The molecule has 20 heavy (non-hydrogen) atoms. The maximum Gasteiger partial charge on any atom is 0.00968 e. The Morgan fingerprint density at radius 3 is 2.15 bits per heavy atom. The first-order valence-electron chi connectivity index (χ1n) is 8.13. The van der Waals surface area contributed by atoms with Crippen molar-refractivity contribution in [2.24, 2.45) is 5.92 Å². The van der Waals surface area contributed by atoms with Crippen molar-refractivity contribution in [2.45, 2.75) is 71.3 Å². The van der Waals surface area contributed by atoms with Crippen LogP contribution in [0.5, 0.6) is 0 Å². The van der Waals surface area contributed by atoms with Crippen LogP contribution in [0, 0.1) is 12.8 Å². The van der Waals surface area contributed by atoms with Gasteiger partial charge in [0.2, 0.25) is 0 Å². The monoisotopic (exact) mass is 273 g/mol. The quantitative estimate of drug-likeness (QED) is 0.831. The lowest BCUT2D eigenvalue weighted by atomic mass is 9.66. The van der Waals surface area contributed by atoms with Crippen LogP contribution in [0.2, 0.25) is 0 Å². The van der Waals surface area contributed by atoms with Gasteiger partial charge in [-0.3, -0.25) is 0 Å². The number of rotatable bonds is 3. The van der Waals surface area contributed by atoms with E-state index in [9.17, 15) is 0 Å². The van der Waals surface area contributed by atoms with Gasteiger partial charge in [-0.1, -0.05) is 36.8 Å². The molecule has 1 heteroatoms. The fraction of sp³-hybridized carbons (Fsp3) is 0.684. The zero-order valence-electron chi connectivity index (χ0n) is 13.9. The molecule has 2 rings (SSSR count). The predicted molar refractivity (Wildman–Crippen MR) is 88.2 cm³/mol. The number of benzene rings is 1. The van der Waals surface area contributed by atoms with E-state index in [1.54, 1.807) is 0 Å². The van der Waals surface area contributed by atoms with Gasteiger partial charge in [0.25, 0.3) is 0 Å². The molecule has 0 bridgehead atoms. The van der Waals surface area contributed by atoms with Crippen molar-refractivity contribution in [1.29, 1.82) is 0 Å². The van der Waals surface area contributed by atoms with Crippen LogP contribution in [0.15, 0.2) is 24.3 Å². The standard InChI is InChI=1S/C19H31N/c1-15-6-8-17(9-7-15)19(14-20-18(3,4)5)12-10-16(2)11-13-19/h6-9,16,20H,10-14H2,1-5H3. The Balaban J connectivity index is 2.22. The zero-order chi connectivity index (χ0) is 14.8. The minimum atomic E-state index is 0.195. The van der Waals surface area contributed by atoms with Crippen LogP contribution in [-0.4, -0.2) is 12.1 Å². The number of nitrogens with one attached hydrogen (secondary N) is 1. The second-order valence-electron chi connectivity index (χ2n) is 7.93. The molecule has 0 aliphatic heterocycles. The van der Waals surface area contributed by atoms with Crippen LogP contribution in [-0.2, 0) is 5.41 Å². The summed E-state index contributed by atoms with van der Waals surface area (Å²) >= 11 is 0. The topological polar surface area (TPSA) is 12.0 Å². The molecule has 0 atom stereocenters. The lowest BCUT2D eigenvalue weighted by molar-refractivity contribution is 0.217. The summed E-state index contributed by atoms with van der Waals surface area (Å²) in [4.78, 5) is 0. The van der Waals surface area contributed by atoms with Crippen molar-refractivity contribution in [3.8, 4) is 0 Å². The lowest BCUT2D eigenvalue weighted by Gasteiger charge is -2.42. The summed E-state index contributed by atoms with van der Waals surface area (Å²) in [5, 5.41) is 3.76. The van der Waals surface area contributed by atoms with Crippen molar-refractivity contribution < 1.29 is 0 Å². The van der Waals surface area contributed by atoms with Crippen LogP contribution in [0.1, 0.15) is 64.5 Å². The van der Waals surface area contributed by atoms with E-state index >= 15 is 0 Å². The first-order valence-corrected chi connectivity index (χ1v) is 8.13. The number of hydrogen-bond acceptors (Lipinski definition) is 1. The van der Waals surface area contributed by atoms with Crippen molar-refractivity contribution in [3.05, 3.63) is 35.4 Å². The summed E-state index contributed by atoms with van der Waals surface area (Å²) in [5.74, 6) is 0.892. The van der Waals surface area contributed by atoms with Gasteiger partial charge in [-0.2, -0.15) is 0 Å². The Kier molecular flexibility index (Phi) is 4.59. The summed E-state index contributed by atoms with van der Waals surface area (Å²) in [6.45, 7) is 12.5. The molecule has 1 nitrogen and oxygen atoms in total. The number of aryl methyl sites for hydroxylation is 1. The summed E-state index contributed by atoms with van der Waals surface area (Å²) in [5.41, 5.74) is 3.43. The molecule has 1 aliphatic rings. The van der Waals surface area contributed by atoms with Gasteiger partial charge in [0.05, 0.1) is 0 Å². The Bertz CT molecular complexity index is 416. The Hall–Kier alpha value is -0.820. The highest BCUT2D eigenvalue weighted by Gasteiger charge is 2.36. The average molecular weight is 273 g/mol. The first-order chi connectivity index (χ1) is 9.31. The highest BCUT2D eigenvalue weighted by Crippen LogP contribution is 2.41. The van der Waals surface area contributed by atoms with Crippen molar-refractivity contribution in [1.82, 2.24) is 5.32 Å². The van der Waals surface area contributed by atoms with Gasteiger partial charge in [0.15, 0.2) is 0 Å². The van der Waals surface area contributed by atoms with E-state index in [0.717, 1.165) is 12.5 Å². The molecular weight excluding hydrogens is 242 g/mol. The van der Waals surface area contributed by atoms with Crippen LogP contribution in [0.25, 0.3) is 0 Å². The molecule has 1 fully saturated rings. The van der Waals surface area contributed by atoms with Crippen molar-refractivity contribution >= 4 is 0 Å². The maximum absolute atomic E-state index is 3.76. The second-order valence-corrected chi connectivity index (χ2v) is 7.93. The van der Waals surface area contributed by atoms with Gasteiger partial charge in [-0.05, 0) is 64.9 Å². The Morgan fingerprint density at radius 2 is 1.65 bits per heavy atom. The molecule has 112 valence electrons. The minimum absolute atomic E-state index is 0.195. The van der Waals surface area contributed by atoms with Crippen LogP contribution < -0.4 is 5.32 Å². The van der Waals surface area contributed by atoms with Gasteiger partial charge in [-0.15, -0.1) is 0 Å². The van der Waals surface area contributed by atoms with Gasteiger partial charge in [0.1, 0.15) is 0 Å². The average Bonchev–Trinajstić information content (AvgIpc) is 2.39. The normalized spacial score (nSPS) is 27.6. The summed E-state index contributed by atoms with van der Waals surface area (Å²) < 4.78 is 0. The van der Waals surface area contributed by atoms with Crippen LogP contribution in [0.3, 0.4) is 0 Å². The highest BCUT2D eigenvalue weighted by atomic mass is 15.0. The SMILES string of the molecule is Cc1ccc(C2(CNC(C)(C)C)CCC(C)CC2)cc1. The third-order valence-electron chi connectivity index (χ3n) is 4.85. The fourth-order valence-corrected chi connectivity index (χ4v) is 3.22. The van der Waals surface area contributed by atoms with E-state index in [1.807, 2.05) is 0 Å². The molecule has 0 spiro atoms. The minimum Gasteiger partial charge on any atom is -0.311 e. The molecule has 0 radical (unpaired) electrons. The molecule has 0 heterocycles. The molecule has 1 aliphatic carbocycles. The molecule has 0 unspecified atom stereocenters. The van der Waals surface area contributed by atoms with Crippen molar-refractivity contribution in [3.63, 3.8) is 0 Å². The summed E-state index contributed by atoms with van der Waals surface area (Å²) in [6, 6.07) is 9.25. The predicted octanol–water partition coefficient (Wildman–Crippen LogP) is 4.83. The van der Waals surface area contributed by atoms with Crippen LogP contribution in [0.4, 0.5) is 0 Å². The Labute approximate surface area is 125 Å². The Morgan fingerprint density at radius 1 is 1.10 bits per heavy atom. The third-order valence-corrected chi connectivity index (χ3v) is 4.85. The molecule has 0 saturated heterocycles. The summed E-state index contributed by atoms with van der Waals surface area (Å²) in [6.07, 6.45) is 5.36. The molecule has 0 amide bonds. The highest BCUT2D eigenvalue weighted by molar-refractivity contribution is 5.30. The van der Waals surface area contributed by atoms with Crippen LogP contribution >= 0.6 is 0 Å². The molecule has 0 aromatic heterocycles. The molecule has 1 aromatic carbocycles. The van der Waals surface area contributed by atoms with Gasteiger partial charge in [0, 0.05) is 17.5 Å². The maximum atomic E-state index is 3.76. The smallest absolute Gasteiger partial charge is 0.00968 e. The van der Waals surface area contributed by atoms with E-state index < -0.39 is 0 Å². The summed E-state index contributed by atoms with van der Waals surface area (Å²) in [7, 11) is 0. The lowest BCUT2D eigenvalue weighted by Crippen LogP contribution is -2.47. The zero-order valence-corrected chi connectivity index (χ0v) is 13.9. The molecule has 1 aromatic rings. The van der Waals surface area contributed by atoms with E-state index in [0.29, 0.717) is 5.41 Å². The number of hydrogen-bond donors (Lipinski definition) is 1. The largest absolute Gasteiger partial charge is 0.311 e. The molecular formula is C19H31N. The van der Waals surface area contributed by atoms with Gasteiger partial charge in [-0.25, -0.2) is 0 Å². The second kappa shape index (κ2) is 5.89. The van der Waals surface area contributed by atoms with Gasteiger partial charge < -0.3 is 5.32 Å². The third kappa shape index (κ3) is 3.85. The molecule has 1 N–H and O–H groups in total. The fourth-order valence-electron chi connectivity index (χ4n) is 3.22.